The van der Waals surface area contributed by atoms with Crippen LogP contribution in [0.3, 0.4) is 0 Å². The lowest BCUT2D eigenvalue weighted by Crippen LogP contribution is -2.14. The first-order valence-electron chi connectivity index (χ1n) is 8.65. The largest absolute Gasteiger partial charge is 0.323 e. The van der Waals surface area contributed by atoms with E-state index in [2.05, 4.69) is 15.5 Å². The predicted octanol–water partition coefficient (Wildman–Crippen LogP) is 3.45. The first-order chi connectivity index (χ1) is 13.2. The number of aromatic nitrogens is 4. The van der Waals surface area contributed by atoms with Crippen LogP contribution in [0.5, 0.6) is 0 Å². The highest BCUT2D eigenvalue weighted by molar-refractivity contribution is 5.90. The van der Waals surface area contributed by atoms with Crippen LogP contribution in [0.1, 0.15) is 12.0 Å². The van der Waals surface area contributed by atoms with E-state index in [1.54, 1.807) is 41.5 Å². The molecule has 2 heterocycles. The molecule has 0 radical (unpaired) electrons. The number of halogens is 1. The van der Waals surface area contributed by atoms with E-state index in [1.165, 1.54) is 6.07 Å². The monoisotopic (exact) mass is 363 g/mol. The predicted molar refractivity (Wildman–Crippen MR) is 101 cm³/mol. The van der Waals surface area contributed by atoms with E-state index in [0.717, 1.165) is 10.9 Å². The van der Waals surface area contributed by atoms with Crippen LogP contribution in [0.25, 0.3) is 10.9 Å². The van der Waals surface area contributed by atoms with Gasteiger partial charge in [0.15, 0.2) is 0 Å². The third kappa shape index (κ3) is 3.87. The van der Waals surface area contributed by atoms with Crippen molar-refractivity contribution in [1.29, 1.82) is 0 Å². The zero-order chi connectivity index (χ0) is 18.6. The lowest BCUT2D eigenvalue weighted by molar-refractivity contribution is -0.116. The van der Waals surface area contributed by atoms with Gasteiger partial charge in [0.2, 0.25) is 5.91 Å². The number of nitrogens with zero attached hydrogens (tertiary/aromatic N) is 4. The fraction of sp³-hybridized carbons (Fsp3) is 0.150. The quantitative estimate of drug-likeness (QED) is 0.571. The molecule has 4 aromatic rings. The molecule has 0 bridgehead atoms. The number of aryl methyl sites for hydroxylation is 1. The van der Waals surface area contributed by atoms with E-state index in [0.29, 0.717) is 30.8 Å². The van der Waals surface area contributed by atoms with Gasteiger partial charge in [0.25, 0.3) is 0 Å². The summed E-state index contributed by atoms with van der Waals surface area (Å²) in [5, 5.41) is 12.4. The van der Waals surface area contributed by atoms with E-state index in [9.17, 15) is 9.18 Å². The van der Waals surface area contributed by atoms with Crippen molar-refractivity contribution in [2.45, 2.75) is 19.5 Å². The summed E-state index contributed by atoms with van der Waals surface area (Å²) in [6.07, 6.45) is 5.33. The average molecular weight is 363 g/mol. The van der Waals surface area contributed by atoms with Gasteiger partial charge in [-0.15, -0.1) is 0 Å². The Bertz CT molecular complexity index is 1080. The molecule has 2 aromatic heterocycles. The Kier molecular flexibility index (Phi) is 4.65. The molecule has 6 nitrogen and oxygen atoms in total. The third-order valence-electron chi connectivity index (χ3n) is 4.31. The Balaban J connectivity index is 1.35. The first-order valence-corrected chi connectivity index (χ1v) is 8.65. The van der Waals surface area contributed by atoms with Gasteiger partial charge in [-0.3, -0.25) is 14.2 Å². The number of hydrogen-bond acceptors (Lipinski definition) is 3. The number of carbonyl (C=O) groups excluding carboxylic acids is 1. The topological polar surface area (TPSA) is 64.7 Å². The van der Waals surface area contributed by atoms with Gasteiger partial charge in [-0.2, -0.15) is 10.2 Å². The molecular weight excluding hydrogens is 345 g/mol. The van der Waals surface area contributed by atoms with E-state index >= 15 is 0 Å². The standard InChI is InChI=1S/C20H18FN5O/c21-18-7-3-1-6-16(18)13-25-14-17(12-22-25)24-20(27)9-10-26-19-8-4-2-5-15(19)11-23-26/h1-8,11-12,14H,9-10,13H2,(H,24,27). The van der Waals surface area contributed by atoms with Gasteiger partial charge in [0.05, 0.1) is 36.7 Å². The van der Waals surface area contributed by atoms with Crippen LogP contribution in [0.4, 0.5) is 10.1 Å². The molecule has 0 saturated heterocycles. The number of rotatable bonds is 6. The number of nitrogens with one attached hydrogen (secondary N) is 1. The van der Waals surface area contributed by atoms with Crippen molar-refractivity contribution in [3.05, 3.63) is 78.5 Å². The van der Waals surface area contributed by atoms with Crippen molar-refractivity contribution in [1.82, 2.24) is 19.6 Å². The summed E-state index contributed by atoms with van der Waals surface area (Å²) < 4.78 is 17.1. The summed E-state index contributed by atoms with van der Waals surface area (Å²) in [6, 6.07) is 14.4. The second-order valence-corrected chi connectivity index (χ2v) is 6.24. The van der Waals surface area contributed by atoms with Crippen molar-refractivity contribution in [3.8, 4) is 0 Å². The normalized spacial score (nSPS) is 11.0. The Morgan fingerprint density at radius 3 is 2.74 bits per heavy atom. The molecule has 0 atom stereocenters. The number of fused-ring (bicyclic) bond motifs is 1. The maximum absolute atomic E-state index is 13.7. The Morgan fingerprint density at radius 2 is 1.85 bits per heavy atom. The summed E-state index contributed by atoms with van der Waals surface area (Å²) in [5.41, 5.74) is 2.13. The van der Waals surface area contributed by atoms with Crippen LogP contribution in [0.15, 0.2) is 67.1 Å². The molecule has 136 valence electrons. The fourth-order valence-corrected chi connectivity index (χ4v) is 2.95. The summed E-state index contributed by atoms with van der Waals surface area (Å²) in [5.74, 6) is -0.398. The number of amides is 1. The van der Waals surface area contributed by atoms with Crippen molar-refractivity contribution in [2.24, 2.45) is 0 Å². The Morgan fingerprint density at radius 1 is 1.04 bits per heavy atom. The van der Waals surface area contributed by atoms with Crippen molar-refractivity contribution < 1.29 is 9.18 Å². The van der Waals surface area contributed by atoms with E-state index in [1.807, 2.05) is 28.9 Å². The van der Waals surface area contributed by atoms with E-state index in [-0.39, 0.29) is 11.7 Å². The number of benzene rings is 2. The Hall–Kier alpha value is -3.48. The second kappa shape index (κ2) is 7.41. The molecule has 7 heteroatoms. The molecule has 0 aliphatic heterocycles. The van der Waals surface area contributed by atoms with E-state index < -0.39 is 0 Å². The Labute approximate surface area is 155 Å². The van der Waals surface area contributed by atoms with Crippen molar-refractivity contribution in [3.63, 3.8) is 0 Å². The van der Waals surface area contributed by atoms with E-state index in [4.69, 9.17) is 0 Å². The van der Waals surface area contributed by atoms with Crippen molar-refractivity contribution >= 4 is 22.5 Å². The summed E-state index contributed by atoms with van der Waals surface area (Å²) >= 11 is 0. The molecule has 0 saturated carbocycles. The van der Waals surface area contributed by atoms with Crippen LogP contribution in [0, 0.1) is 5.82 Å². The number of hydrogen-bond donors (Lipinski definition) is 1. The smallest absolute Gasteiger partial charge is 0.226 e. The zero-order valence-electron chi connectivity index (χ0n) is 14.5. The molecule has 0 aliphatic rings. The summed E-state index contributed by atoms with van der Waals surface area (Å²) in [7, 11) is 0. The third-order valence-corrected chi connectivity index (χ3v) is 4.31. The lowest BCUT2D eigenvalue weighted by atomic mass is 10.2. The van der Waals surface area contributed by atoms with Crippen molar-refractivity contribution in [2.75, 3.05) is 5.32 Å². The molecule has 1 N–H and O–H groups in total. The minimum Gasteiger partial charge on any atom is -0.323 e. The highest BCUT2D eigenvalue weighted by Gasteiger charge is 2.08. The van der Waals surface area contributed by atoms with Gasteiger partial charge in [-0.25, -0.2) is 4.39 Å². The van der Waals surface area contributed by atoms with Crippen LogP contribution in [-0.4, -0.2) is 25.5 Å². The van der Waals surface area contributed by atoms with Crippen LogP contribution in [0.2, 0.25) is 0 Å². The van der Waals surface area contributed by atoms with Gasteiger partial charge in [-0.1, -0.05) is 36.4 Å². The maximum Gasteiger partial charge on any atom is 0.226 e. The summed E-state index contributed by atoms with van der Waals surface area (Å²) in [6.45, 7) is 0.796. The molecule has 27 heavy (non-hydrogen) atoms. The van der Waals surface area contributed by atoms with Gasteiger partial charge in [0, 0.05) is 23.6 Å². The fourth-order valence-electron chi connectivity index (χ4n) is 2.95. The minimum absolute atomic E-state index is 0.125. The zero-order valence-corrected chi connectivity index (χ0v) is 14.5. The average Bonchev–Trinajstić information content (AvgIpc) is 3.29. The molecule has 2 aromatic carbocycles. The SMILES string of the molecule is O=C(CCn1ncc2ccccc21)Nc1cnn(Cc2ccccc2F)c1. The number of anilines is 1. The molecule has 1 amide bonds. The lowest BCUT2D eigenvalue weighted by Gasteiger charge is -2.05. The molecule has 4 rings (SSSR count). The van der Waals surface area contributed by atoms with Gasteiger partial charge in [-0.05, 0) is 12.1 Å². The molecule has 0 aliphatic carbocycles. The highest BCUT2D eigenvalue weighted by atomic mass is 19.1. The molecule has 0 fully saturated rings. The molecule has 0 spiro atoms. The first kappa shape index (κ1) is 17.0. The molecule has 0 unspecified atom stereocenters. The maximum atomic E-state index is 13.7. The van der Waals surface area contributed by atoms with Crippen LogP contribution >= 0.6 is 0 Å². The van der Waals surface area contributed by atoms with Crippen LogP contribution in [-0.2, 0) is 17.9 Å². The van der Waals surface area contributed by atoms with Gasteiger partial charge < -0.3 is 5.32 Å². The number of carbonyl (C=O) groups is 1. The summed E-state index contributed by atoms with van der Waals surface area (Å²) in [4.78, 5) is 12.2. The minimum atomic E-state index is -0.273. The van der Waals surface area contributed by atoms with Gasteiger partial charge in [0.1, 0.15) is 5.82 Å². The number of para-hydroxylation sites is 1. The second-order valence-electron chi connectivity index (χ2n) is 6.24. The molecular formula is C20H18FN5O. The highest BCUT2D eigenvalue weighted by Crippen LogP contribution is 2.14. The van der Waals surface area contributed by atoms with Crippen LogP contribution < -0.4 is 5.32 Å². The van der Waals surface area contributed by atoms with Gasteiger partial charge >= 0.3 is 0 Å².